The number of methoxy groups -OCH3 is 1. The fraction of sp³-hybridized carbons (Fsp3) is 0.385. The van der Waals surface area contributed by atoms with Crippen LogP contribution in [-0.4, -0.2) is 40.0 Å². The topological polar surface area (TPSA) is 106 Å². The largest absolute Gasteiger partial charge is 0.493 e. The van der Waals surface area contributed by atoms with E-state index in [0.717, 1.165) is 35.9 Å². The Morgan fingerprint density at radius 3 is 2.53 bits per heavy atom. The van der Waals surface area contributed by atoms with Gasteiger partial charge in [0.05, 0.1) is 47.9 Å². The predicted octanol–water partition coefficient (Wildman–Crippen LogP) is 5.82. The Kier molecular flexibility index (Phi) is 7.20. The number of hydrogen-bond donors (Lipinski definition) is 0. The summed E-state index contributed by atoms with van der Waals surface area (Å²) in [7, 11) is 1.06. The van der Waals surface area contributed by atoms with Gasteiger partial charge in [-0.25, -0.2) is 4.79 Å². The van der Waals surface area contributed by atoms with Crippen molar-refractivity contribution in [2.24, 2.45) is 0 Å². The van der Waals surface area contributed by atoms with E-state index in [1.165, 1.54) is 12.3 Å². The zero-order chi connectivity index (χ0) is 27.8. The number of aryl methyl sites for hydroxylation is 1. The summed E-state index contributed by atoms with van der Waals surface area (Å²) in [6.07, 6.45) is -4.01. The molecule has 0 spiro atoms. The Morgan fingerprint density at radius 2 is 1.92 bits per heavy atom. The number of carbonyl (C=O) groups excluding carboxylic acids is 1. The molecular formula is C26H26F3N3O6. The quantitative estimate of drug-likeness (QED) is 0.223. The number of nitro groups is 1. The summed E-state index contributed by atoms with van der Waals surface area (Å²) in [6, 6.07) is 8.04. The van der Waals surface area contributed by atoms with Crippen molar-refractivity contribution in [3.8, 4) is 22.6 Å². The molecule has 38 heavy (non-hydrogen) atoms. The number of rotatable bonds is 6. The Balaban J connectivity index is 2.11. The average Bonchev–Trinajstić information content (AvgIpc) is 3.35. The maximum absolute atomic E-state index is 14.5. The Labute approximate surface area is 216 Å². The van der Waals surface area contributed by atoms with Gasteiger partial charge >= 0.3 is 18.0 Å². The lowest BCUT2D eigenvalue weighted by Gasteiger charge is -2.30. The molecule has 1 aliphatic heterocycles. The minimum atomic E-state index is -4.87. The summed E-state index contributed by atoms with van der Waals surface area (Å²) in [5, 5.41) is 15.2. The van der Waals surface area contributed by atoms with Gasteiger partial charge in [-0.3, -0.25) is 0 Å². The molecule has 0 aliphatic carbocycles. The van der Waals surface area contributed by atoms with Crippen molar-refractivity contribution in [1.29, 1.82) is 0 Å². The number of aromatic nitrogens is 2. The molecule has 2 heterocycles. The van der Waals surface area contributed by atoms with Gasteiger partial charge in [-0.1, -0.05) is 6.07 Å². The van der Waals surface area contributed by atoms with Crippen LogP contribution in [0.1, 0.15) is 50.0 Å². The predicted molar refractivity (Wildman–Crippen MR) is 130 cm³/mol. The second kappa shape index (κ2) is 10.1. The molecule has 0 N–H and O–H groups in total. The average molecular weight is 534 g/mol. The molecule has 1 atom stereocenters. The van der Waals surface area contributed by atoms with E-state index in [-0.39, 0.29) is 11.3 Å². The van der Waals surface area contributed by atoms with Crippen LogP contribution in [0.25, 0.3) is 16.8 Å². The molecule has 0 bridgehead atoms. The van der Waals surface area contributed by atoms with Crippen LogP contribution in [-0.2, 0) is 26.9 Å². The van der Waals surface area contributed by atoms with Crippen LogP contribution < -0.4 is 4.74 Å². The smallest absolute Gasteiger partial charge is 0.416 e. The van der Waals surface area contributed by atoms with Crippen molar-refractivity contribution < 1.29 is 37.1 Å². The molecule has 202 valence electrons. The van der Waals surface area contributed by atoms with Gasteiger partial charge in [0.2, 0.25) is 0 Å². The summed E-state index contributed by atoms with van der Waals surface area (Å²) in [4.78, 5) is 23.6. The first-order valence-electron chi connectivity index (χ1n) is 11.8. The lowest BCUT2D eigenvalue weighted by Crippen LogP contribution is -2.30. The second-order valence-electron chi connectivity index (χ2n) is 9.70. The van der Waals surface area contributed by atoms with E-state index in [9.17, 15) is 28.1 Å². The second-order valence-corrected chi connectivity index (χ2v) is 9.70. The summed E-state index contributed by atoms with van der Waals surface area (Å²) in [6.45, 7) is 5.33. The lowest BCUT2D eigenvalue weighted by molar-refractivity contribution is -0.389. The number of nitrogens with zero attached hydrogens (tertiary/aromatic N) is 3. The molecule has 1 aromatic heterocycles. The maximum atomic E-state index is 14.5. The number of ether oxygens (including phenoxy) is 3. The van der Waals surface area contributed by atoms with E-state index in [2.05, 4.69) is 5.10 Å². The zero-order valence-electron chi connectivity index (χ0n) is 21.2. The number of halogens is 3. The fourth-order valence-corrected chi connectivity index (χ4v) is 4.37. The molecule has 1 unspecified atom stereocenters. The minimum absolute atomic E-state index is 0.0224. The SMILES string of the molecule is COC(=O)C(OC(C)(C)C)c1c(C(F)(F)F)ccc(-n2ccc([N+](=O)[O-])n2)c1-c1ccc2c(c1)CCCO2. The van der Waals surface area contributed by atoms with Gasteiger partial charge < -0.3 is 24.3 Å². The Hall–Kier alpha value is -3.93. The molecule has 4 rings (SSSR count). The van der Waals surface area contributed by atoms with Crippen LogP contribution in [0.4, 0.5) is 19.0 Å². The van der Waals surface area contributed by atoms with Gasteiger partial charge in [0, 0.05) is 11.1 Å². The third-order valence-corrected chi connectivity index (χ3v) is 5.88. The highest BCUT2D eigenvalue weighted by atomic mass is 19.4. The van der Waals surface area contributed by atoms with E-state index in [1.54, 1.807) is 39.0 Å². The van der Waals surface area contributed by atoms with Gasteiger partial charge in [-0.2, -0.15) is 13.2 Å². The van der Waals surface area contributed by atoms with Gasteiger partial charge in [-0.05, 0) is 73.9 Å². The van der Waals surface area contributed by atoms with Crippen molar-refractivity contribution in [3.05, 3.63) is 69.4 Å². The Morgan fingerprint density at radius 1 is 1.18 bits per heavy atom. The highest BCUT2D eigenvalue weighted by Crippen LogP contribution is 2.46. The molecule has 0 radical (unpaired) electrons. The first-order chi connectivity index (χ1) is 17.8. The van der Waals surface area contributed by atoms with Crippen LogP contribution in [0, 0.1) is 10.1 Å². The van der Waals surface area contributed by atoms with E-state index >= 15 is 0 Å². The molecular weight excluding hydrogens is 507 g/mol. The van der Waals surface area contributed by atoms with Crippen molar-refractivity contribution in [1.82, 2.24) is 9.78 Å². The van der Waals surface area contributed by atoms with E-state index in [4.69, 9.17) is 14.2 Å². The van der Waals surface area contributed by atoms with Crippen molar-refractivity contribution in [2.45, 2.75) is 51.5 Å². The number of hydrogen-bond acceptors (Lipinski definition) is 7. The summed E-state index contributed by atoms with van der Waals surface area (Å²) < 4.78 is 61.0. The summed E-state index contributed by atoms with van der Waals surface area (Å²) in [5.74, 6) is -0.913. The monoisotopic (exact) mass is 533 g/mol. The van der Waals surface area contributed by atoms with E-state index in [1.807, 2.05) is 0 Å². The zero-order valence-corrected chi connectivity index (χ0v) is 21.2. The number of fused-ring (bicyclic) bond motifs is 1. The third-order valence-electron chi connectivity index (χ3n) is 5.88. The molecule has 0 saturated carbocycles. The molecule has 2 aromatic carbocycles. The van der Waals surface area contributed by atoms with Crippen molar-refractivity contribution >= 4 is 11.8 Å². The fourth-order valence-electron chi connectivity index (χ4n) is 4.37. The van der Waals surface area contributed by atoms with E-state index < -0.39 is 45.7 Å². The molecule has 0 saturated heterocycles. The third kappa shape index (κ3) is 5.49. The normalized spacial score (nSPS) is 14.4. The highest BCUT2D eigenvalue weighted by molar-refractivity contribution is 5.86. The van der Waals surface area contributed by atoms with Crippen LogP contribution in [0.2, 0.25) is 0 Å². The van der Waals surface area contributed by atoms with E-state index in [0.29, 0.717) is 24.3 Å². The lowest BCUT2D eigenvalue weighted by atomic mass is 9.88. The highest BCUT2D eigenvalue weighted by Gasteiger charge is 2.42. The molecule has 9 nitrogen and oxygen atoms in total. The molecule has 12 heteroatoms. The number of carbonyl (C=O) groups is 1. The molecule has 1 aliphatic rings. The van der Waals surface area contributed by atoms with Crippen molar-refractivity contribution in [2.75, 3.05) is 13.7 Å². The van der Waals surface area contributed by atoms with Crippen LogP contribution in [0.15, 0.2) is 42.6 Å². The van der Waals surface area contributed by atoms with Gasteiger partial charge in [0.1, 0.15) is 5.75 Å². The molecule has 0 fully saturated rings. The van der Waals surface area contributed by atoms with Gasteiger partial charge in [0.25, 0.3) is 0 Å². The first kappa shape index (κ1) is 27.1. The number of alkyl halides is 3. The standard InChI is InChI=1S/C26H26F3N3O6/c1-25(2,3)38-23(24(33)36-4)22-17(26(27,28)29)8-9-18(31-12-11-20(30-31)32(34)35)21(22)16-7-10-19-15(14-16)6-5-13-37-19/h7-12,14,23H,5-6,13H2,1-4H3. The van der Waals surface area contributed by atoms with Crippen molar-refractivity contribution in [3.63, 3.8) is 0 Å². The number of esters is 1. The first-order valence-corrected chi connectivity index (χ1v) is 11.8. The molecule has 3 aromatic rings. The van der Waals surface area contributed by atoms with Crippen LogP contribution in [0.5, 0.6) is 5.75 Å². The maximum Gasteiger partial charge on any atom is 0.416 e. The number of benzene rings is 2. The van der Waals surface area contributed by atoms with Crippen LogP contribution >= 0.6 is 0 Å². The minimum Gasteiger partial charge on any atom is -0.493 e. The summed E-state index contributed by atoms with van der Waals surface area (Å²) in [5.41, 5.74) is -1.45. The summed E-state index contributed by atoms with van der Waals surface area (Å²) >= 11 is 0. The Bertz CT molecular complexity index is 1380. The van der Waals surface area contributed by atoms with Crippen LogP contribution in [0.3, 0.4) is 0 Å². The van der Waals surface area contributed by atoms with Gasteiger partial charge in [0.15, 0.2) is 6.10 Å². The molecule has 0 amide bonds. The van der Waals surface area contributed by atoms with Gasteiger partial charge in [-0.15, -0.1) is 4.68 Å².